The number of hydrogen-bond donors (Lipinski definition) is 1. The van der Waals surface area contributed by atoms with E-state index in [1.165, 1.54) is 7.11 Å². The first-order valence-electron chi connectivity index (χ1n) is 9.64. The number of methoxy groups -OCH3 is 1. The number of aryl methyl sites for hydroxylation is 1. The van der Waals surface area contributed by atoms with Crippen LogP contribution in [0.25, 0.3) is 11.3 Å². The number of ether oxygens (including phenoxy) is 1. The maximum absolute atomic E-state index is 12.7. The van der Waals surface area contributed by atoms with Gasteiger partial charge in [0.1, 0.15) is 13.0 Å². The SMILES string of the molecule is COC(=O)C(Nc1ncc(-c2ccc(C)cc2)nc1Cc1ccccc1)P(C)(C)=O. The fourth-order valence-corrected chi connectivity index (χ4v) is 4.08. The molecule has 0 aliphatic carbocycles. The van der Waals surface area contributed by atoms with Crippen molar-refractivity contribution in [3.63, 3.8) is 0 Å². The van der Waals surface area contributed by atoms with Gasteiger partial charge in [-0.05, 0) is 25.8 Å². The first-order valence-corrected chi connectivity index (χ1v) is 12.3. The lowest BCUT2D eigenvalue weighted by Crippen LogP contribution is -2.31. The summed E-state index contributed by atoms with van der Waals surface area (Å²) in [6, 6.07) is 17.9. The quantitative estimate of drug-likeness (QED) is 0.443. The van der Waals surface area contributed by atoms with Gasteiger partial charge in [0.05, 0.1) is 24.7 Å². The summed E-state index contributed by atoms with van der Waals surface area (Å²) in [4.78, 5) is 21.6. The Balaban J connectivity index is 2.03. The number of esters is 1. The van der Waals surface area contributed by atoms with Crippen molar-refractivity contribution in [2.75, 3.05) is 25.8 Å². The van der Waals surface area contributed by atoms with Crippen LogP contribution in [-0.2, 0) is 20.5 Å². The first kappa shape index (κ1) is 21.7. The van der Waals surface area contributed by atoms with Gasteiger partial charge in [-0.25, -0.2) is 14.8 Å². The molecular formula is C23H26N3O3P. The molecule has 0 aliphatic rings. The lowest BCUT2D eigenvalue weighted by molar-refractivity contribution is -0.139. The molecule has 1 heterocycles. The molecule has 0 fully saturated rings. The summed E-state index contributed by atoms with van der Waals surface area (Å²) in [5, 5.41) is 3.04. The van der Waals surface area contributed by atoms with E-state index < -0.39 is 18.9 Å². The first-order chi connectivity index (χ1) is 14.3. The normalized spacial score (nSPS) is 12.3. The summed E-state index contributed by atoms with van der Waals surface area (Å²) in [5.41, 5.74) is 4.58. The number of aromatic nitrogens is 2. The summed E-state index contributed by atoms with van der Waals surface area (Å²) in [6.45, 7) is 5.13. The average Bonchev–Trinajstić information content (AvgIpc) is 2.72. The van der Waals surface area contributed by atoms with Gasteiger partial charge >= 0.3 is 5.97 Å². The van der Waals surface area contributed by atoms with Crippen LogP contribution in [0.15, 0.2) is 60.8 Å². The number of hydrogen-bond acceptors (Lipinski definition) is 6. The zero-order chi connectivity index (χ0) is 21.7. The van der Waals surface area contributed by atoms with Gasteiger partial charge < -0.3 is 14.6 Å². The number of nitrogens with one attached hydrogen (secondary N) is 1. The van der Waals surface area contributed by atoms with E-state index >= 15 is 0 Å². The molecule has 0 amide bonds. The van der Waals surface area contributed by atoms with Crippen LogP contribution in [0.3, 0.4) is 0 Å². The van der Waals surface area contributed by atoms with E-state index in [2.05, 4.69) is 10.3 Å². The maximum Gasteiger partial charge on any atom is 0.336 e. The van der Waals surface area contributed by atoms with Gasteiger partial charge in [0.2, 0.25) is 0 Å². The molecule has 3 aromatic rings. The summed E-state index contributed by atoms with van der Waals surface area (Å²) in [6.07, 6.45) is 2.17. The zero-order valence-corrected chi connectivity index (χ0v) is 18.5. The number of nitrogens with zero attached hydrogens (tertiary/aromatic N) is 2. The molecule has 2 aromatic carbocycles. The van der Waals surface area contributed by atoms with Crippen LogP contribution >= 0.6 is 7.14 Å². The molecule has 1 unspecified atom stereocenters. The summed E-state index contributed by atoms with van der Waals surface area (Å²) >= 11 is 0. The second kappa shape index (κ2) is 9.23. The highest BCUT2D eigenvalue weighted by Gasteiger charge is 2.32. The zero-order valence-electron chi connectivity index (χ0n) is 17.6. The monoisotopic (exact) mass is 423 g/mol. The maximum atomic E-state index is 12.7. The van der Waals surface area contributed by atoms with Gasteiger partial charge in [-0.2, -0.15) is 0 Å². The van der Waals surface area contributed by atoms with Crippen LogP contribution in [0.4, 0.5) is 5.82 Å². The molecule has 156 valence electrons. The highest BCUT2D eigenvalue weighted by atomic mass is 31.2. The number of carbonyl (C=O) groups is 1. The molecule has 0 saturated heterocycles. The Hall–Kier alpha value is -2.98. The molecule has 1 N–H and O–H groups in total. The number of rotatable bonds is 7. The summed E-state index contributed by atoms with van der Waals surface area (Å²) in [5.74, 6) is -1.15. The molecule has 30 heavy (non-hydrogen) atoms. The highest BCUT2D eigenvalue weighted by Crippen LogP contribution is 2.43. The van der Waals surface area contributed by atoms with Crippen molar-refractivity contribution >= 4 is 18.9 Å². The van der Waals surface area contributed by atoms with Crippen LogP contribution in [0.1, 0.15) is 16.8 Å². The molecule has 6 nitrogen and oxygen atoms in total. The third-order valence-corrected chi connectivity index (χ3v) is 6.31. The van der Waals surface area contributed by atoms with Crippen molar-refractivity contribution in [2.45, 2.75) is 19.1 Å². The second-order valence-electron chi connectivity index (χ2n) is 7.58. The van der Waals surface area contributed by atoms with Gasteiger partial charge in [0.15, 0.2) is 5.78 Å². The van der Waals surface area contributed by atoms with Gasteiger partial charge in [0, 0.05) is 12.0 Å². The van der Waals surface area contributed by atoms with Gasteiger partial charge in [0.25, 0.3) is 0 Å². The molecule has 7 heteroatoms. The third kappa shape index (κ3) is 5.33. The number of anilines is 1. The number of carbonyl (C=O) groups excluding carboxylic acids is 1. The van der Waals surface area contributed by atoms with Crippen molar-refractivity contribution in [1.29, 1.82) is 0 Å². The van der Waals surface area contributed by atoms with Gasteiger partial charge in [-0.15, -0.1) is 0 Å². The Morgan fingerprint density at radius 1 is 1.10 bits per heavy atom. The predicted molar refractivity (Wildman–Crippen MR) is 120 cm³/mol. The highest BCUT2D eigenvalue weighted by molar-refractivity contribution is 7.64. The van der Waals surface area contributed by atoms with Crippen LogP contribution in [0.2, 0.25) is 0 Å². The van der Waals surface area contributed by atoms with Crippen molar-refractivity contribution in [2.24, 2.45) is 0 Å². The van der Waals surface area contributed by atoms with Crippen molar-refractivity contribution in [3.8, 4) is 11.3 Å². The Morgan fingerprint density at radius 3 is 2.37 bits per heavy atom. The van der Waals surface area contributed by atoms with E-state index in [1.54, 1.807) is 19.5 Å². The van der Waals surface area contributed by atoms with Crippen LogP contribution < -0.4 is 5.32 Å². The molecular weight excluding hydrogens is 397 g/mol. The van der Waals surface area contributed by atoms with Gasteiger partial charge in [-0.3, -0.25) is 0 Å². The van der Waals surface area contributed by atoms with Crippen LogP contribution in [-0.4, -0.2) is 42.2 Å². The summed E-state index contributed by atoms with van der Waals surface area (Å²) in [7, 11) is -1.56. The molecule has 3 rings (SSSR count). The van der Waals surface area contributed by atoms with Crippen molar-refractivity contribution in [1.82, 2.24) is 9.97 Å². The Labute approximate surface area is 177 Å². The Morgan fingerprint density at radius 2 is 1.77 bits per heavy atom. The summed E-state index contributed by atoms with van der Waals surface area (Å²) < 4.78 is 17.5. The minimum Gasteiger partial charge on any atom is -0.467 e. The number of benzene rings is 2. The van der Waals surface area contributed by atoms with Crippen LogP contribution in [0, 0.1) is 6.92 Å². The van der Waals surface area contributed by atoms with Crippen molar-refractivity contribution in [3.05, 3.63) is 77.6 Å². The molecule has 0 aliphatic heterocycles. The predicted octanol–water partition coefficient (Wildman–Crippen LogP) is 4.58. The van der Waals surface area contributed by atoms with E-state index in [4.69, 9.17) is 9.72 Å². The van der Waals surface area contributed by atoms with E-state index in [0.717, 1.165) is 22.4 Å². The minimum atomic E-state index is -2.85. The Kier molecular flexibility index (Phi) is 6.68. The van der Waals surface area contributed by atoms with Crippen molar-refractivity contribution < 1.29 is 14.1 Å². The van der Waals surface area contributed by atoms with E-state index in [-0.39, 0.29) is 0 Å². The third-order valence-electron chi connectivity index (χ3n) is 4.73. The fourth-order valence-electron chi connectivity index (χ4n) is 3.03. The molecule has 0 bridgehead atoms. The molecule has 1 atom stereocenters. The second-order valence-corrected chi connectivity index (χ2v) is 11.0. The van der Waals surface area contributed by atoms with E-state index in [0.29, 0.717) is 17.9 Å². The van der Waals surface area contributed by atoms with E-state index in [9.17, 15) is 9.36 Å². The fraction of sp³-hybridized carbons (Fsp3) is 0.261. The van der Waals surface area contributed by atoms with E-state index in [1.807, 2.05) is 61.5 Å². The van der Waals surface area contributed by atoms with Gasteiger partial charge in [-0.1, -0.05) is 60.2 Å². The lowest BCUT2D eigenvalue weighted by Gasteiger charge is -2.22. The van der Waals surface area contributed by atoms with Crippen LogP contribution in [0.5, 0.6) is 0 Å². The largest absolute Gasteiger partial charge is 0.467 e. The minimum absolute atomic E-state index is 0.425. The molecule has 1 aromatic heterocycles. The lowest BCUT2D eigenvalue weighted by atomic mass is 10.1. The Bertz CT molecular complexity index is 1060. The molecule has 0 radical (unpaired) electrons. The molecule has 0 spiro atoms. The topological polar surface area (TPSA) is 81.2 Å². The molecule has 0 saturated carbocycles. The standard InChI is InChI=1S/C23H26N3O3P/c1-16-10-12-18(13-11-16)20-15-24-21(26-22(23(27)29-2)30(3,4)28)19(25-20)14-17-8-6-5-7-9-17/h5-13,15,22H,14H2,1-4H3,(H,24,26). The average molecular weight is 423 g/mol. The smallest absolute Gasteiger partial charge is 0.336 e.